The van der Waals surface area contributed by atoms with Gasteiger partial charge in [-0.3, -0.25) is 9.36 Å². The zero-order valence-corrected chi connectivity index (χ0v) is 15.2. The van der Waals surface area contributed by atoms with E-state index in [4.69, 9.17) is 0 Å². The Bertz CT molecular complexity index is 940. The summed E-state index contributed by atoms with van der Waals surface area (Å²) in [6.07, 6.45) is 3.90. The molecule has 0 saturated heterocycles. The average molecular weight is 416 g/mol. The Morgan fingerprint density at radius 3 is 2.57 bits per heavy atom. The number of rotatable bonds is 3. The van der Waals surface area contributed by atoms with Crippen LogP contribution in [-0.2, 0) is 6.54 Å². The molecular weight excluding hydrogens is 399 g/mol. The van der Waals surface area contributed by atoms with Crippen LogP contribution >= 0.6 is 22.6 Å². The lowest BCUT2D eigenvalue weighted by Crippen LogP contribution is -2.23. The Morgan fingerprint density at radius 2 is 1.87 bits per heavy atom. The summed E-state index contributed by atoms with van der Waals surface area (Å²) >= 11 is 2.21. The highest BCUT2D eigenvalue weighted by molar-refractivity contribution is 14.1. The van der Waals surface area contributed by atoms with Gasteiger partial charge in [0, 0.05) is 10.1 Å². The van der Waals surface area contributed by atoms with E-state index >= 15 is 0 Å². The first-order chi connectivity index (χ1) is 11.1. The van der Waals surface area contributed by atoms with E-state index in [0.29, 0.717) is 17.8 Å². The molecule has 0 radical (unpaired) electrons. The number of aryl methyl sites for hydroxylation is 1. The molecule has 4 heteroatoms. The highest BCUT2D eigenvalue weighted by Crippen LogP contribution is 2.15. The Labute approximate surface area is 148 Å². The van der Waals surface area contributed by atoms with Gasteiger partial charge in [0.25, 0.3) is 5.56 Å². The zero-order valence-electron chi connectivity index (χ0n) is 13.1. The summed E-state index contributed by atoms with van der Waals surface area (Å²) in [5.41, 5.74) is 3.07. The molecule has 0 bridgehead atoms. The van der Waals surface area contributed by atoms with Gasteiger partial charge < -0.3 is 0 Å². The molecule has 0 unspecified atom stereocenters. The maximum absolute atomic E-state index is 12.7. The van der Waals surface area contributed by atoms with Crippen LogP contribution in [0.5, 0.6) is 0 Å². The van der Waals surface area contributed by atoms with Crippen molar-refractivity contribution in [1.29, 1.82) is 0 Å². The lowest BCUT2D eigenvalue weighted by atomic mass is 10.1. The molecule has 3 nitrogen and oxygen atoms in total. The molecule has 116 valence electrons. The molecule has 3 aromatic rings. The van der Waals surface area contributed by atoms with Gasteiger partial charge in [-0.1, -0.05) is 35.9 Å². The van der Waals surface area contributed by atoms with E-state index in [-0.39, 0.29) is 5.56 Å². The first kappa shape index (κ1) is 15.9. The van der Waals surface area contributed by atoms with E-state index in [1.807, 2.05) is 37.3 Å². The summed E-state index contributed by atoms with van der Waals surface area (Å²) in [6, 6.07) is 14.0. The lowest BCUT2D eigenvalue weighted by Gasteiger charge is -2.09. The van der Waals surface area contributed by atoms with Crippen LogP contribution in [0.15, 0.2) is 47.3 Å². The van der Waals surface area contributed by atoms with Crippen LogP contribution in [-0.4, -0.2) is 9.55 Å². The maximum atomic E-state index is 12.7. The monoisotopic (exact) mass is 416 g/mol. The van der Waals surface area contributed by atoms with Crippen LogP contribution in [0, 0.1) is 10.5 Å². The first-order valence-corrected chi connectivity index (χ1v) is 8.61. The Hall–Kier alpha value is -1.95. The smallest absolute Gasteiger partial charge is 0.261 e. The summed E-state index contributed by atoms with van der Waals surface area (Å²) in [5, 5.41) is 0.672. The third kappa shape index (κ3) is 3.37. The molecule has 0 fully saturated rings. The second kappa shape index (κ2) is 6.66. The van der Waals surface area contributed by atoms with Crippen molar-refractivity contribution in [2.75, 3.05) is 0 Å². The van der Waals surface area contributed by atoms with Gasteiger partial charge in [0.15, 0.2) is 0 Å². The van der Waals surface area contributed by atoms with Gasteiger partial charge in [0.05, 0.1) is 10.9 Å². The van der Waals surface area contributed by atoms with Gasteiger partial charge in [-0.05, 0) is 66.3 Å². The van der Waals surface area contributed by atoms with E-state index in [0.717, 1.165) is 14.7 Å². The van der Waals surface area contributed by atoms with Gasteiger partial charge in [0.2, 0.25) is 0 Å². The number of halogens is 1. The predicted octanol–water partition coefficient (Wildman–Crippen LogP) is 4.50. The Morgan fingerprint density at radius 1 is 1.13 bits per heavy atom. The van der Waals surface area contributed by atoms with Crippen LogP contribution in [0.3, 0.4) is 0 Å². The summed E-state index contributed by atoms with van der Waals surface area (Å²) in [4.78, 5) is 17.3. The van der Waals surface area contributed by atoms with Crippen LogP contribution in [0.25, 0.3) is 23.1 Å². The van der Waals surface area contributed by atoms with Crippen molar-refractivity contribution < 1.29 is 0 Å². The maximum Gasteiger partial charge on any atom is 0.261 e. The van der Waals surface area contributed by atoms with E-state index in [1.165, 1.54) is 5.56 Å². The quantitative estimate of drug-likeness (QED) is 0.590. The van der Waals surface area contributed by atoms with Gasteiger partial charge in [-0.15, -0.1) is 0 Å². The fourth-order valence-electron chi connectivity index (χ4n) is 2.49. The third-order valence-electron chi connectivity index (χ3n) is 3.76. The average Bonchev–Trinajstić information content (AvgIpc) is 2.55. The fourth-order valence-corrected chi connectivity index (χ4v) is 2.98. The van der Waals surface area contributed by atoms with Crippen molar-refractivity contribution in [3.63, 3.8) is 0 Å². The summed E-state index contributed by atoms with van der Waals surface area (Å²) in [6.45, 7) is 4.63. The minimum Gasteiger partial charge on any atom is -0.293 e. The standard InChI is InChI=1S/C19H17IN2O/c1-3-22-18(11-8-14-6-4-13(2)5-7-14)21-17-10-9-15(20)12-16(17)19(22)23/h4-12H,3H2,1-2H3. The predicted molar refractivity (Wildman–Crippen MR) is 105 cm³/mol. The molecule has 1 heterocycles. The van der Waals surface area contributed by atoms with Gasteiger partial charge in [0.1, 0.15) is 5.82 Å². The number of benzene rings is 2. The van der Waals surface area contributed by atoms with E-state index in [1.54, 1.807) is 4.57 Å². The van der Waals surface area contributed by atoms with Crippen molar-refractivity contribution in [3.8, 4) is 0 Å². The van der Waals surface area contributed by atoms with Gasteiger partial charge in [-0.25, -0.2) is 4.98 Å². The highest BCUT2D eigenvalue weighted by atomic mass is 127. The summed E-state index contributed by atoms with van der Waals surface area (Å²) in [7, 11) is 0. The van der Waals surface area contributed by atoms with E-state index in [9.17, 15) is 4.79 Å². The number of hydrogen-bond donors (Lipinski definition) is 0. The first-order valence-electron chi connectivity index (χ1n) is 7.53. The molecule has 0 N–H and O–H groups in total. The molecule has 2 aromatic carbocycles. The summed E-state index contributed by atoms with van der Waals surface area (Å²) < 4.78 is 2.75. The van der Waals surface area contributed by atoms with Crippen molar-refractivity contribution in [1.82, 2.24) is 9.55 Å². The largest absolute Gasteiger partial charge is 0.293 e. The molecular formula is C19H17IN2O. The fraction of sp³-hybridized carbons (Fsp3) is 0.158. The number of aromatic nitrogens is 2. The number of hydrogen-bond acceptors (Lipinski definition) is 2. The molecule has 23 heavy (non-hydrogen) atoms. The Kier molecular flexibility index (Phi) is 4.61. The molecule has 0 atom stereocenters. The minimum absolute atomic E-state index is 0.0135. The molecule has 0 saturated carbocycles. The van der Waals surface area contributed by atoms with Crippen LogP contribution in [0.4, 0.5) is 0 Å². The number of fused-ring (bicyclic) bond motifs is 1. The Balaban J connectivity index is 2.11. The van der Waals surface area contributed by atoms with Crippen molar-refractivity contribution in [2.45, 2.75) is 20.4 Å². The second-order valence-corrected chi connectivity index (χ2v) is 6.67. The highest BCUT2D eigenvalue weighted by Gasteiger charge is 2.08. The number of nitrogens with zero attached hydrogens (tertiary/aromatic N) is 2. The molecule has 0 spiro atoms. The molecule has 0 aliphatic rings. The van der Waals surface area contributed by atoms with Gasteiger partial charge >= 0.3 is 0 Å². The van der Waals surface area contributed by atoms with Crippen molar-refractivity contribution in [2.24, 2.45) is 0 Å². The van der Waals surface area contributed by atoms with Crippen molar-refractivity contribution in [3.05, 3.63) is 73.3 Å². The van der Waals surface area contributed by atoms with Crippen molar-refractivity contribution >= 4 is 45.6 Å². The molecule has 0 amide bonds. The zero-order chi connectivity index (χ0) is 16.4. The normalized spacial score (nSPS) is 11.4. The minimum atomic E-state index is 0.0135. The SMILES string of the molecule is CCn1c(C=Cc2ccc(C)cc2)nc2ccc(I)cc2c1=O. The molecule has 0 aliphatic carbocycles. The molecule has 3 rings (SSSR count). The van der Waals surface area contributed by atoms with Gasteiger partial charge in [-0.2, -0.15) is 0 Å². The van der Waals surface area contributed by atoms with Crippen LogP contribution < -0.4 is 5.56 Å². The molecule has 0 aliphatic heterocycles. The topological polar surface area (TPSA) is 34.9 Å². The van der Waals surface area contributed by atoms with E-state index < -0.39 is 0 Å². The van der Waals surface area contributed by atoms with Crippen LogP contribution in [0.2, 0.25) is 0 Å². The third-order valence-corrected chi connectivity index (χ3v) is 4.44. The van der Waals surface area contributed by atoms with Crippen LogP contribution in [0.1, 0.15) is 23.9 Å². The lowest BCUT2D eigenvalue weighted by molar-refractivity contribution is 0.708. The van der Waals surface area contributed by atoms with E-state index in [2.05, 4.69) is 58.8 Å². The second-order valence-electron chi connectivity index (χ2n) is 5.42. The summed E-state index contributed by atoms with van der Waals surface area (Å²) in [5.74, 6) is 0.687. The molecule has 1 aromatic heterocycles.